The van der Waals surface area contributed by atoms with Crippen LogP contribution in [0.25, 0.3) is 0 Å². The lowest BCUT2D eigenvalue weighted by Gasteiger charge is -2.15. The maximum absolute atomic E-state index is 12.3. The second kappa shape index (κ2) is 7.90. The van der Waals surface area contributed by atoms with Gasteiger partial charge in [-0.1, -0.05) is 18.2 Å². The minimum Gasteiger partial charge on any atom is -0.339 e. The first-order valence-electron chi connectivity index (χ1n) is 8.20. The summed E-state index contributed by atoms with van der Waals surface area (Å²) in [6, 6.07) is 16.0. The first-order chi connectivity index (χ1) is 12.1. The third-order valence-electron chi connectivity index (χ3n) is 4.05. The number of hydrogen-bond donors (Lipinski definition) is 2. The van der Waals surface area contributed by atoms with Gasteiger partial charge in [-0.25, -0.2) is 0 Å². The Bertz CT molecular complexity index is 769. The highest BCUT2D eigenvalue weighted by Gasteiger charge is 2.19. The molecule has 2 N–H and O–H groups in total. The molecule has 1 fully saturated rings. The molecule has 1 aliphatic heterocycles. The van der Waals surface area contributed by atoms with Crippen LogP contribution >= 0.6 is 12.2 Å². The lowest BCUT2D eigenvalue weighted by atomic mass is 10.2. The summed E-state index contributed by atoms with van der Waals surface area (Å²) >= 11 is 5.17. The zero-order valence-corrected chi connectivity index (χ0v) is 14.5. The van der Waals surface area contributed by atoms with Crippen molar-refractivity contribution in [1.29, 1.82) is 0 Å². The Labute approximate surface area is 152 Å². The van der Waals surface area contributed by atoms with Gasteiger partial charge in [0.2, 0.25) is 0 Å². The van der Waals surface area contributed by atoms with Crippen LogP contribution in [0.4, 0.5) is 5.69 Å². The van der Waals surface area contributed by atoms with E-state index in [0.29, 0.717) is 11.1 Å². The number of nitrogens with zero attached hydrogens (tertiary/aromatic N) is 1. The van der Waals surface area contributed by atoms with Crippen molar-refractivity contribution in [3.05, 3.63) is 65.7 Å². The lowest BCUT2D eigenvalue weighted by molar-refractivity contribution is 0.0792. The van der Waals surface area contributed by atoms with Crippen LogP contribution in [-0.4, -0.2) is 34.9 Å². The van der Waals surface area contributed by atoms with Crippen molar-refractivity contribution in [3.8, 4) is 0 Å². The van der Waals surface area contributed by atoms with Gasteiger partial charge < -0.3 is 10.2 Å². The summed E-state index contributed by atoms with van der Waals surface area (Å²) in [5, 5.41) is 5.80. The van der Waals surface area contributed by atoms with Crippen LogP contribution in [-0.2, 0) is 0 Å². The molecule has 5 nitrogen and oxygen atoms in total. The van der Waals surface area contributed by atoms with Crippen molar-refractivity contribution < 1.29 is 9.59 Å². The highest BCUT2D eigenvalue weighted by atomic mass is 32.1. The lowest BCUT2D eigenvalue weighted by Crippen LogP contribution is -2.34. The fourth-order valence-corrected chi connectivity index (χ4v) is 2.94. The molecule has 0 bridgehead atoms. The molecule has 2 amide bonds. The molecule has 128 valence electrons. The van der Waals surface area contributed by atoms with Gasteiger partial charge in [-0.05, 0) is 61.5 Å². The van der Waals surface area contributed by atoms with Crippen molar-refractivity contribution in [3.63, 3.8) is 0 Å². The SMILES string of the molecule is O=C(NC(=S)Nc1ccc(C(=O)N2CCCC2)cc1)c1ccccc1. The minimum absolute atomic E-state index is 0.0593. The molecule has 0 spiro atoms. The Hall–Kier alpha value is -2.73. The van der Waals surface area contributed by atoms with Crippen molar-refractivity contribution in [2.75, 3.05) is 18.4 Å². The van der Waals surface area contributed by atoms with Crippen LogP contribution in [0.15, 0.2) is 54.6 Å². The Morgan fingerprint density at radius 3 is 2.16 bits per heavy atom. The van der Waals surface area contributed by atoms with Crippen molar-refractivity contribution in [2.24, 2.45) is 0 Å². The van der Waals surface area contributed by atoms with Crippen molar-refractivity contribution in [1.82, 2.24) is 10.2 Å². The molecular weight excluding hydrogens is 334 g/mol. The predicted molar refractivity (Wildman–Crippen MR) is 102 cm³/mol. The second-order valence-corrected chi connectivity index (χ2v) is 6.26. The molecule has 0 saturated carbocycles. The number of thiocarbonyl (C=S) groups is 1. The Morgan fingerprint density at radius 2 is 1.52 bits per heavy atom. The van der Waals surface area contributed by atoms with Crippen LogP contribution in [0.1, 0.15) is 33.6 Å². The topological polar surface area (TPSA) is 61.4 Å². The van der Waals surface area contributed by atoms with Crippen LogP contribution < -0.4 is 10.6 Å². The highest BCUT2D eigenvalue weighted by molar-refractivity contribution is 7.80. The van der Waals surface area contributed by atoms with Gasteiger partial charge in [0.15, 0.2) is 5.11 Å². The van der Waals surface area contributed by atoms with E-state index in [-0.39, 0.29) is 16.9 Å². The van der Waals surface area contributed by atoms with Crippen molar-refractivity contribution >= 4 is 34.8 Å². The minimum atomic E-state index is -0.265. The van der Waals surface area contributed by atoms with Gasteiger partial charge in [-0.2, -0.15) is 0 Å². The van der Waals surface area contributed by atoms with E-state index in [1.165, 1.54) is 0 Å². The van der Waals surface area contributed by atoms with Crippen molar-refractivity contribution in [2.45, 2.75) is 12.8 Å². The largest absolute Gasteiger partial charge is 0.339 e. The van der Waals surface area contributed by atoms with Gasteiger partial charge in [-0.3, -0.25) is 14.9 Å². The van der Waals surface area contributed by atoms with Crippen LogP contribution in [0.2, 0.25) is 0 Å². The molecule has 1 aliphatic rings. The molecule has 0 radical (unpaired) electrons. The zero-order valence-electron chi connectivity index (χ0n) is 13.7. The quantitative estimate of drug-likeness (QED) is 0.833. The number of benzene rings is 2. The van der Waals surface area contributed by atoms with Crippen LogP contribution in [0.5, 0.6) is 0 Å². The zero-order chi connectivity index (χ0) is 17.6. The van der Waals surface area contributed by atoms with Crippen LogP contribution in [0.3, 0.4) is 0 Å². The number of anilines is 1. The summed E-state index contributed by atoms with van der Waals surface area (Å²) in [4.78, 5) is 26.2. The smallest absolute Gasteiger partial charge is 0.257 e. The summed E-state index contributed by atoms with van der Waals surface area (Å²) in [6.45, 7) is 1.66. The molecule has 6 heteroatoms. The molecule has 0 aromatic heterocycles. The van der Waals surface area contributed by atoms with Gasteiger partial charge in [0.25, 0.3) is 11.8 Å². The number of hydrogen-bond acceptors (Lipinski definition) is 3. The molecule has 0 aliphatic carbocycles. The molecule has 1 heterocycles. The fourth-order valence-electron chi connectivity index (χ4n) is 2.73. The first-order valence-corrected chi connectivity index (χ1v) is 8.61. The monoisotopic (exact) mass is 353 g/mol. The summed E-state index contributed by atoms with van der Waals surface area (Å²) in [5.41, 5.74) is 1.92. The standard InChI is InChI=1S/C19H19N3O2S/c23-17(14-6-2-1-3-7-14)21-19(25)20-16-10-8-15(9-11-16)18(24)22-12-4-5-13-22/h1-3,6-11H,4-5,12-13H2,(H2,20,21,23,25). The third-order valence-corrected chi connectivity index (χ3v) is 4.25. The Balaban J connectivity index is 1.56. The number of carbonyl (C=O) groups excluding carboxylic acids is 2. The highest BCUT2D eigenvalue weighted by Crippen LogP contribution is 2.15. The van der Waals surface area contributed by atoms with E-state index in [4.69, 9.17) is 12.2 Å². The Kier molecular flexibility index (Phi) is 5.40. The summed E-state index contributed by atoms with van der Waals surface area (Å²) in [5.74, 6) is -0.206. The first kappa shape index (κ1) is 17.1. The molecule has 2 aromatic rings. The molecule has 0 unspecified atom stereocenters. The number of nitrogens with one attached hydrogen (secondary N) is 2. The molecule has 0 atom stereocenters. The van der Waals surface area contributed by atoms with E-state index in [1.54, 1.807) is 48.5 Å². The summed E-state index contributed by atoms with van der Waals surface area (Å²) in [6.07, 6.45) is 2.14. The van der Waals surface area contributed by atoms with Gasteiger partial charge in [-0.15, -0.1) is 0 Å². The fraction of sp³-hybridized carbons (Fsp3) is 0.211. The summed E-state index contributed by atoms with van der Waals surface area (Å²) in [7, 11) is 0. The maximum Gasteiger partial charge on any atom is 0.257 e. The van der Waals surface area contributed by atoms with E-state index < -0.39 is 0 Å². The molecule has 25 heavy (non-hydrogen) atoms. The second-order valence-electron chi connectivity index (χ2n) is 5.85. The van der Waals surface area contributed by atoms with Gasteiger partial charge in [0.1, 0.15) is 0 Å². The van der Waals surface area contributed by atoms with Gasteiger partial charge >= 0.3 is 0 Å². The molecule has 1 saturated heterocycles. The van der Waals surface area contributed by atoms with E-state index in [9.17, 15) is 9.59 Å². The van der Waals surface area contributed by atoms with Gasteiger partial charge in [0, 0.05) is 29.9 Å². The van der Waals surface area contributed by atoms with Gasteiger partial charge in [0.05, 0.1) is 0 Å². The number of likely N-dealkylation sites (tertiary alicyclic amines) is 1. The number of amides is 2. The number of rotatable bonds is 3. The third kappa shape index (κ3) is 4.42. The average molecular weight is 353 g/mol. The number of carbonyl (C=O) groups is 2. The van der Waals surface area contributed by atoms with E-state index in [1.807, 2.05) is 11.0 Å². The molecular formula is C19H19N3O2S. The average Bonchev–Trinajstić information content (AvgIpc) is 3.17. The van der Waals surface area contributed by atoms with E-state index in [0.717, 1.165) is 31.6 Å². The van der Waals surface area contributed by atoms with E-state index >= 15 is 0 Å². The Morgan fingerprint density at radius 1 is 0.880 bits per heavy atom. The molecule has 3 rings (SSSR count). The van der Waals surface area contributed by atoms with Crippen LogP contribution in [0, 0.1) is 0 Å². The summed E-state index contributed by atoms with van der Waals surface area (Å²) < 4.78 is 0. The molecule has 2 aromatic carbocycles. The maximum atomic E-state index is 12.3. The normalized spacial score (nSPS) is 13.4. The predicted octanol–water partition coefficient (Wildman–Crippen LogP) is 3.05. The van der Waals surface area contributed by atoms with E-state index in [2.05, 4.69) is 10.6 Å².